The van der Waals surface area contributed by atoms with E-state index in [1.165, 1.54) is 0 Å². The van der Waals surface area contributed by atoms with E-state index in [4.69, 9.17) is 4.74 Å². The molecule has 0 radical (unpaired) electrons. The van der Waals surface area contributed by atoms with Crippen LogP contribution in [0.15, 0.2) is 12.1 Å². The second-order valence-corrected chi connectivity index (χ2v) is 11.7. The van der Waals surface area contributed by atoms with Gasteiger partial charge in [-0.05, 0) is 89.0 Å². The molecular formula is C26H42N4O5S. The van der Waals surface area contributed by atoms with E-state index in [2.05, 4.69) is 0 Å². The molecule has 0 bridgehead atoms. The van der Waals surface area contributed by atoms with E-state index >= 15 is 0 Å². The van der Waals surface area contributed by atoms with Crippen molar-refractivity contribution in [2.24, 2.45) is 0 Å². The summed E-state index contributed by atoms with van der Waals surface area (Å²) in [5, 5.41) is 3.57. The molecule has 9 nitrogen and oxygen atoms in total. The van der Waals surface area contributed by atoms with Crippen LogP contribution in [-0.4, -0.2) is 81.1 Å². The first-order valence-electron chi connectivity index (χ1n) is 13.0. The molecule has 202 valence electrons. The van der Waals surface area contributed by atoms with Gasteiger partial charge < -0.3 is 9.64 Å². The minimum absolute atomic E-state index is 0.0334. The molecule has 1 atom stereocenters. The number of anilines is 1. The standard InChI is InChI=1S/C26H42N4O5S/c1-7-16-29(27(5)6)24(31)22-12-13-23(21-11-9-8-10-20(21)22)30(36(33)34)19-14-17-28(18-15-19)25(32)35-26(2,3)4/h12-13,19H,7-11,14-18H2,1-6H3,(H,33,34). The Morgan fingerprint density at radius 3 is 2.25 bits per heavy atom. The van der Waals surface area contributed by atoms with Gasteiger partial charge >= 0.3 is 6.09 Å². The van der Waals surface area contributed by atoms with E-state index in [9.17, 15) is 18.4 Å². The normalized spacial score (nSPS) is 17.5. The Labute approximate surface area is 218 Å². The van der Waals surface area contributed by atoms with Crippen molar-refractivity contribution in [3.8, 4) is 0 Å². The van der Waals surface area contributed by atoms with Crippen LogP contribution in [-0.2, 0) is 28.8 Å². The SMILES string of the molecule is CCCN(C(=O)c1ccc(N(C2CCN(C(=O)OC(C)(C)C)CC2)S(=O)O)c2c1CCCC2)N(C)C. The first-order chi connectivity index (χ1) is 16.9. The number of fused-ring (bicyclic) bond motifs is 1. The van der Waals surface area contributed by atoms with Gasteiger partial charge in [-0.3, -0.25) is 18.7 Å². The van der Waals surface area contributed by atoms with Gasteiger partial charge in [-0.1, -0.05) is 6.92 Å². The topological polar surface area (TPSA) is 93.6 Å². The number of rotatable bonds is 7. The molecule has 1 heterocycles. The van der Waals surface area contributed by atoms with Crippen molar-refractivity contribution in [2.75, 3.05) is 38.0 Å². The highest BCUT2D eigenvalue weighted by molar-refractivity contribution is 7.80. The van der Waals surface area contributed by atoms with E-state index < -0.39 is 16.9 Å². The van der Waals surface area contributed by atoms with Crippen LogP contribution in [0.3, 0.4) is 0 Å². The van der Waals surface area contributed by atoms with Gasteiger partial charge in [0.15, 0.2) is 0 Å². The number of piperidine rings is 1. The largest absolute Gasteiger partial charge is 0.444 e. The summed E-state index contributed by atoms with van der Waals surface area (Å²) in [6.45, 7) is 9.11. The molecular weight excluding hydrogens is 480 g/mol. The highest BCUT2D eigenvalue weighted by atomic mass is 32.2. The Balaban J connectivity index is 1.88. The fourth-order valence-corrected chi connectivity index (χ4v) is 5.91. The van der Waals surface area contributed by atoms with Crippen molar-refractivity contribution < 1.29 is 23.1 Å². The van der Waals surface area contributed by atoms with E-state index in [1.54, 1.807) is 14.2 Å². The lowest BCUT2D eigenvalue weighted by Crippen LogP contribution is -2.49. The summed E-state index contributed by atoms with van der Waals surface area (Å²) in [6, 6.07) is 3.47. The van der Waals surface area contributed by atoms with Gasteiger partial charge in [-0.15, -0.1) is 0 Å². The van der Waals surface area contributed by atoms with Crippen LogP contribution in [0.25, 0.3) is 0 Å². The second-order valence-electron chi connectivity index (χ2n) is 10.8. The quantitative estimate of drug-likeness (QED) is 0.425. The smallest absolute Gasteiger partial charge is 0.410 e. The van der Waals surface area contributed by atoms with Crippen molar-refractivity contribution in [3.63, 3.8) is 0 Å². The van der Waals surface area contributed by atoms with Gasteiger partial charge in [0.1, 0.15) is 5.60 Å². The summed E-state index contributed by atoms with van der Waals surface area (Å²) < 4.78 is 30.1. The fraction of sp³-hybridized carbons (Fsp3) is 0.692. The summed E-state index contributed by atoms with van der Waals surface area (Å²) >= 11 is -2.23. The molecule has 10 heteroatoms. The maximum atomic E-state index is 13.5. The molecule has 36 heavy (non-hydrogen) atoms. The Morgan fingerprint density at radius 2 is 1.72 bits per heavy atom. The third-order valence-corrected chi connectivity index (χ3v) is 7.58. The molecule has 2 aliphatic rings. The maximum absolute atomic E-state index is 13.5. The third kappa shape index (κ3) is 6.58. The van der Waals surface area contributed by atoms with Gasteiger partial charge in [0, 0.05) is 45.3 Å². The number of hydrazine groups is 1. The monoisotopic (exact) mass is 522 g/mol. The van der Waals surface area contributed by atoms with Gasteiger partial charge in [0.25, 0.3) is 17.2 Å². The maximum Gasteiger partial charge on any atom is 0.410 e. The van der Waals surface area contributed by atoms with Crippen LogP contribution in [0.2, 0.25) is 0 Å². The number of amides is 2. The highest BCUT2D eigenvalue weighted by Gasteiger charge is 2.34. The molecule has 1 aromatic rings. The molecule has 1 aromatic carbocycles. The lowest BCUT2D eigenvalue weighted by molar-refractivity contribution is 0.0196. The Bertz CT molecular complexity index is 970. The number of ether oxygens (including phenoxy) is 1. The van der Waals surface area contributed by atoms with Gasteiger partial charge in [-0.2, -0.15) is 0 Å². The third-order valence-electron chi connectivity index (χ3n) is 6.75. The molecule has 1 fully saturated rings. The second kappa shape index (κ2) is 11.9. The van der Waals surface area contributed by atoms with E-state index in [1.807, 2.05) is 58.9 Å². The summed E-state index contributed by atoms with van der Waals surface area (Å²) in [5.41, 5.74) is 2.83. The van der Waals surface area contributed by atoms with E-state index in [-0.39, 0.29) is 18.0 Å². The first-order valence-corrected chi connectivity index (χ1v) is 14.0. The highest BCUT2D eigenvalue weighted by Crippen LogP contribution is 2.36. The fourth-order valence-electron chi connectivity index (χ4n) is 5.11. The van der Waals surface area contributed by atoms with Crippen LogP contribution in [0.1, 0.15) is 81.3 Å². The summed E-state index contributed by atoms with van der Waals surface area (Å²) in [7, 11) is 3.74. The lowest BCUT2D eigenvalue weighted by Gasteiger charge is -2.39. The van der Waals surface area contributed by atoms with Crippen LogP contribution in [0.5, 0.6) is 0 Å². The minimum atomic E-state index is -2.23. The number of benzene rings is 1. The first kappa shape index (κ1) is 28.4. The molecule has 1 N–H and O–H groups in total. The molecule has 2 amide bonds. The number of nitrogens with zero attached hydrogens (tertiary/aromatic N) is 4. The Morgan fingerprint density at radius 1 is 1.11 bits per heavy atom. The van der Waals surface area contributed by atoms with Crippen molar-refractivity contribution in [2.45, 2.75) is 84.3 Å². The molecule has 1 unspecified atom stereocenters. The zero-order valence-corrected chi connectivity index (χ0v) is 23.4. The summed E-state index contributed by atoms with van der Waals surface area (Å²) in [5.74, 6) is -0.0334. The molecule has 1 aliphatic carbocycles. The number of carbonyl (C=O) groups excluding carboxylic acids is 2. The zero-order chi connectivity index (χ0) is 26.6. The minimum Gasteiger partial charge on any atom is -0.444 e. The van der Waals surface area contributed by atoms with Crippen molar-refractivity contribution in [1.82, 2.24) is 14.9 Å². The van der Waals surface area contributed by atoms with Crippen molar-refractivity contribution >= 4 is 29.0 Å². The average molecular weight is 523 g/mol. The molecule has 0 saturated carbocycles. The molecule has 3 rings (SSSR count). The van der Waals surface area contributed by atoms with Crippen LogP contribution >= 0.6 is 0 Å². The van der Waals surface area contributed by atoms with Gasteiger partial charge in [0.05, 0.1) is 5.69 Å². The van der Waals surface area contributed by atoms with E-state index in [0.717, 1.165) is 48.9 Å². The molecule has 0 spiro atoms. The zero-order valence-electron chi connectivity index (χ0n) is 22.6. The molecule has 0 aromatic heterocycles. The number of hydrogen-bond acceptors (Lipinski definition) is 5. The Kier molecular flexibility index (Phi) is 9.40. The molecule has 1 saturated heterocycles. The predicted molar refractivity (Wildman–Crippen MR) is 142 cm³/mol. The van der Waals surface area contributed by atoms with E-state index in [0.29, 0.717) is 38.0 Å². The lowest BCUT2D eigenvalue weighted by atomic mass is 9.86. The average Bonchev–Trinajstić information content (AvgIpc) is 2.81. The number of likely N-dealkylation sites (tertiary alicyclic amines) is 1. The summed E-state index contributed by atoms with van der Waals surface area (Å²) in [6.07, 6.45) is 5.14. The predicted octanol–water partition coefficient (Wildman–Crippen LogP) is 4.24. The molecule has 1 aliphatic heterocycles. The van der Waals surface area contributed by atoms with Gasteiger partial charge in [0.2, 0.25) is 0 Å². The van der Waals surface area contributed by atoms with Crippen molar-refractivity contribution in [1.29, 1.82) is 0 Å². The van der Waals surface area contributed by atoms with Crippen molar-refractivity contribution in [3.05, 3.63) is 28.8 Å². The van der Waals surface area contributed by atoms with Crippen LogP contribution < -0.4 is 4.31 Å². The summed E-state index contributed by atoms with van der Waals surface area (Å²) in [4.78, 5) is 27.6. The Hall–Kier alpha value is -2.17. The van der Waals surface area contributed by atoms with Crippen LogP contribution in [0.4, 0.5) is 10.5 Å². The van der Waals surface area contributed by atoms with Gasteiger partial charge in [-0.25, -0.2) is 14.0 Å². The number of hydrogen-bond donors (Lipinski definition) is 1. The number of carbonyl (C=O) groups is 2. The van der Waals surface area contributed by atoms with Crippen LogP contribution in [0, 0.1) is 0 Å².